The largest absolute Gasteiger partial charge is 0.494 e. The Balaban J connectivity index is 1.70. The van der Waals surface area contributed by atoms with Gasteiger partial charge in [-0.1, -0.05) is 12.2 Å². The van der Waals surface area contributed by atoms with Crippen LogP contribution in [0.3, 0.4) is 0 Å². The summed E-state index contributed by atoms with van der Waals surface area (Å²) in [4.78, 5) is 16.7. The molecule has 0 atom stereocenters. The Kier molecular flexibility index (Phi) is 5.10. The Labute approximate surface area is 165 Å². The molecule has 0 bridgehead atoms. The van der Waals surface area contributed by atoms with E-state index in [-0.39, 0.29) is 24.1 Å². The van der Waals surface area contributed by atoms with Crippen LogP contribution in [0.15, 0.2) is 40.5 Å². The van der Waals surface area contributed by atoms with Gasteiger partial charge in [-0.2, -0.15) is 13.2 Å². The third-order valence-corrected chi connectivity index (χ3v) is 5.57. The van der Waals surface area contributed by atoms with Crippen molar-refractivity contribution in [2.75, 3.05) is 18.6 Å². The van der Waals surface area contributed by atoms with E-state index < -0.39 is 11.9 Å². The lowest BCUT2D eigenvalue weighted by Gasteiger charge is -2.30. The van der Waals surface area contributed by atoms with E-state index in [1.165, 1.54) is 13.2 Å². The molecular formula is C21H21F3N2O3. The fraction of sp³-hybridized carbons (Fsp3) is 0.429. The van der Waals surface area contributed by atoms with Gasteiger partial charge in [-0.15, -0.1) is 0 Å². The molecule has 2 aliphatic rings. The van der Waals surface area contributed by atoms with Crippen LogP contribution in [0, 0.1) is 5.92 Å². The summed E-state index contributed by atoms with van der Waals surface area (Å²) in [6.45, 7) is 0.0733. The van der Waals surface area contributed by atoms with E-state index in [4.69, 9.17) is 9.15 Å². The van der Waals surface area contributed by atoms with Gasteiger partial charge in [0, 0.05) is 30.5 Å². The second kappa shape index (κ2) is 7.57. The maximum absolute atomic E-state index is 13.5. The molecule has 1 aromatic heterocycles. The molecule has 1 fully saturated rings. The zero-order valence-corrected chi connectivity index (χ0v) is 15.9. The molecule has 2 heterocycles. The van der Waals surface area contributed by atoms with Crippen LogP contribution in [0.1, 0.15) is 37.5 Å². The van der Waals surface area contributed by atoms with Crippen molar-refractivity contribution in [1.82, 2.24) is 4.98 Å². The van der Waals surface area contributed by atoms with Gasteiger partial charge in [0.2, 0.25) is 0 Å². The van der Waals surface area contributed by atoms with Crippen LogP contribution in [0.5, 0.6) is 5.75 Å². The fourth-order valence-electron chi connectivity index (χ4n) is 4.00. The summed E-state index contributed by atoms with van der Waals surface area (Å²) < 4.78 is 51.8. The number of fused-ring (bicyclic) bond motifs is 1. The standard InChI is InChI=1S/C21H21F3N2O3/c1-28-18-10-15-17(29-20(25-15)14-7-5-13(12-27)6-8-14)11-16(18)26-9-3-2-4-19(26)21(22,23)24/h2-4,10-14H,5-9H2,1H3. The van der Waals surface area contributed by atoms with Crippen LogP contribution in [0.25, 0.3) is 11.1 Å². The highest BCUT2D eigenvalue weighted by Crippen LogP contribution is 2.42. The van der Waals surface area contributed by atoms with Gasteiger partial charge in [0.15, 0.2) is 11.5 Å². The van der Waals surface area contributed by atoms with Crippen molar-refractivity contribution in [3.63, 3.8) is 0 Å². The van der Waals surface area contributed by atoms with Crippen molar-refractivity contribution in [2.24, 2.45) is 5.92 Å². The monoisotopic (exact) mass is 406 g/mol. The maximum Gasteiger partial charge on any atom is 0.431 e. The van der Waals surface area contributed by atoms with E-state index in [2.05, 4.69) is 4.98 Å². The molecule has 0 radical (unpaired) electrons. The lowest BCUT2D eigenvalue weighted by Crippen LogP contribution is -2.33. The molecular weight excluding hydrogens is 385 g/mol. The minimum atomic E-state index is -4.49. The number of aromatic nitrogens is 1. The van der Waals surface area contributed by atoms with Crippen molar-refractivity contribution < 1.29 is 27.1 Å². The van der Waals surface area contributed by atoms with Gasteiger partial charge >= 0.3 is 6.18 Å². The first-order valence-corrected chi connectivity index (χ1v) is 9.56. The predicted octanol–water partition coefficient (Wildman–Crippen LogP) is 5.13. The third kappa shape index (κ3) is 3.75. The molecule has 1 saturated carbocycles. The number of allylic oxidation sites excluding steroid dienone is 3. The number of hydrogen-bond acceptors (Lipinski definition) is 5. The molecule has 8 heteroatoms. The summed E-state index contributed by atoms with van der Waals surface area (Å²) >= 11 is 0. The van der Waals surface area contributed by atoms with Crippen molar-refractivity contribution in [1.29, 1.82) is 0 Å². The van der Waals surface area contributed by atoms with Crippen molar-refractivity contribution in [2.45, 2.75) is 37.8 Å². The highest BCUT2D eigenvalue weighted by atomic mass is 19.4. The summed E-state index contributed by atoms with van der Waals surface area (Å²) in [5.41, 5.74) is 0.484. The van der Waals surface area contributed by atoms with Gasteiger partial charge in [0.1, 0.15) is 23.2 Å². The van der Waals surface area contributed by atoms with E-state index >= 15 is 0 Å². The van der Waals surface area contributed by atoms with E-state index in [1.807, 2.05) is 0 Å². The highest BCUT2D eigenvalue weighted by Gasteiger charge is 2.39. The van der Waals surface area contributed by atoms with Crippen LogP contribution in [-0.4, -0.2) is 31.1 Å². The van der Waals surface area contributed by atoms with Crippen molar-refractivity contribution in [3.05, 3.63) is 41.9 Å². The number of alkyl halides is 3. The molecule has 29 heavy (non-hydrogen) atoms. The van der Waals surface area contributed by atoms with Gasteiger partial charge in [0.05, 0.1) is 12.8 Å². The fourth-order valence-corrected chi connectivity index (χ4v) is 4.00. The quantitative estimate of drug-likeness (QED) is 0.659. The normalized spacial score (nSPS) is 22.6. The molecule has 5 nitrogen and oxygen atoms in total. The lowest BCUT2D eigenvalue weighted by atomic mass is 9.83. The van der Waals surface area contributed by atoms with Crippen LogP contribution in [0.4, 0.5) is 18.9 Å². The Bertz CT molecular complexity index is 969. The second-order valence-electron chi connectivity index (χ2n) is 7.38. The summed E-state index contributed by atoms with van der Waals surface area (Å²) in [6.07, 6.45) is 3.79. The minimum absolute atomic E-state index is 0.0733. The van der Waals surface area contributed by atoms with Gasteiger partial charge < -0.3 is 18.8 Å². The third-order valence-electron chi connectivity index (χ3n) is 5.57. The summed E-state index contributed by atoms with van der Waals surface area (Å²) in [5.74, 6) is 1.06. The molecule has 0 N–H and O–H groups in total. The minimum Gasteiger partial charge on any atom is -0.494 e. The number of hydrogen-bond donors (Lipinski definition) is 0. The molecule has 0 amide bonds. The summed E-state index contributed by atoms with van der Waals surface area (Å²) in [6, 6.07) is 3.17. The Morgan fingerprint density at radius 2 is 2.00 bits per heavy atom. The van der Waals surface area contributed by atoms with E-state index in [0.29, 0.717) is 22.7 Å². The van der Waals surface area contributed by atoms with Gasteiger partial charge in [-0.25, -0.2) is 4.98 Å². The zero-order valence-electron chi connectivity index (χ0n) is 15.9. The molecule has 0 saturated heterocycles. The number of benzene rings is 1. The highest BCUT2D eigenvalue weighted by molar-refractivity contribution is 5.83. The number of anilines is 1. The number of methoxy groups -OCH3 is 1. The Morgan fingerprint density at radius 1 is 1.24 bits per heavy atom. The van der Waals surface area contributed by atoms with E-state index in [1.54, 1.807) is 18.2 Å². The first kappa shape index (κ1) is 19.5. The molecule has 0 unspecified atom stereocenters. The summed E-state index contributed by atoms with van der Waals surface area (Å²) in [5, 5.41) is 0. The number of halogens is 3. The number of aldehydes is 1. The van der Waals surface area contributed by atoms with Crippen molar-refractivity contribution in [3.8, 4) is 5.75 Å². The first-order chi connectivity index (χ1) is 13.9. The number of oxazole rings is 1. The number of carbonyl (C=O) groups is 1. The molecule has 2 aromatic rings. The first-order valence-electron chi connectivity index (χ1n) is 9.56. The topological polar surface area (TPSA) is 55.6 Å². The molecule has 1 aromatic carbocycles. The molecule has 1 aliphatic heterocycles. The lowest BCUT2D eigenvalue weighted by molar-refractivity contribution is -0.112. The van der Waals surface area contributed by atoms with Crippen molar-refractivity contribution >= 4 is 23.1 Å². The van der Waals surface area contributed by atoms with E-state index in [0.717, 1.165) is 42.9 Å². The average Bonchev–Trinajstić information content (AvgIpc) is 3.15. The van der Waals surface area contributed by atoms with E-state index in [9.17, 15) is 18.0 Å². The molecule has 1 aliphatic carbocycles. The van der Waals surface area contributed by atoms with Crippen LogP contribution in [0.2, 0.25) is 0 Å². The van der Waals surface area contributed by atoms with Gasteiger partial charge in [-0.3, -0.25) is 0 Å². The van der Waals surface area contributed by atoms with Gasteiger partial charge in [0.25, 0.3) is 0 Å². The summed E-state index contributed by atoms with van der Waals surface area (Å²) in [7, 11) is 1.42. The average molecular weight is 406 g/mol. The molecule has 4 rings (SSSR count). The van der Waals surface area contributed by atoms with Crippen LogP contribution < -0.4 is 9.64 Å². The number of carbonyl (C=O) groups excluding carboxylic acids is 1. The SMILES string of the molecule is COc1cc2nc(C3CCC(C=O)CC3)oc2cc1N1CC=CC=C1C(F)(F)F. The number of nitrogens with zero attached hydrogens (tertiary/aromatic N) is 2. The molecule has 0 spiro atoms. The Hall–Kier alpha value is -2.77. The number of rotatable bonds is 4. The van der Waals surface area contributed by atoms with Crippen LogP contribution in [-0.2, 0) is 4.79 Å². The molecule has 154 valence electrons. The smallest absolute Gasteiger partial charge is 0.431 e. The zero-order chi connectivity index (χ0) is 20.6. The predicted molar refractivity (Wildman–Crippen MR) is 102 cm³/mol. The maximum atomic E-state index is 13.5. The van der Waals surface area contributed by atoms with Crippen LogP contribution >= 0.6 is 0 Å². The number of ether oxygens (including phenoxy) is 1. The Morgan fingerprint density at radius 3 is 2.66 bits per heavy atom. The second-order valence-corrected chi connectivity index (χ2v) is 7.38. The van der Waals surface area contributed by atoms with Gasteiger partial charge in [-0.05, 0) is 31.8 Å².